The maximum Gasteiger partial charge on any atom is 0.272 e. The Hall–Kier alpha value is -5.24. The molecule has 258 valence electrons. The molecule has 3 amide bonds. The number of rotatable bonds is 14. The van der Waals surface area contributed by atoms with Gasteiger partial charge in [0.2, 0.25) is 18.0 Å². The van der Waals surface area contributed by atoms with Crippen LogP contribution in [-0.2, 0) is 20.9 Å². The van der Waals surface area contributed by atoms with E-state index in [4.69, 9.17) is 15.5 Å². The SMILES string of the molecule is CCCC[C@H](C(N)=O)[C@@H](CC1CCC1)C(=O)NC1N=C(c2ccccc2)c2ccccc2N(Cc2cccc(-c3ccc(OC)cc3)c2)C1=O. The molecule has 1 aliphatic carbocycles. The van der Waals surface area contributed by atoms with E-state index in [1.807, 2.05) is 97.1 Å². The van der Waals surface area contributed by atoms with Crippen LogP contribution in [0.5, 0.6) is 5.75 Å². The van der Waals surface area contributed by atoms with Crippen molar-refractivity contribution in [2.45, 2.75) is 64.6 Å². The molecule has 6 rings (SSSR count). The van der Waals surface area contributed by atoms with Crippen LogP contribution in [-0.4, -0.2) is 36.7 Å². The van der Waals surface area contributed by atoms with Gasteiger partial charge in [-0.2, -0.15) is 0 Å². The van der Waals surface area contributed by atoms with Gasteiger partial charge in [0.05, 0.1) is 25.1 Å². The number of primary amides is 1. The van der Waals surface area contributed by atoms with Crippen LogP contribution in [0.25, 0.3) is 11.1 Å². The number of unbranched alkanes of at least 4 members (excludes halogenated alkanes) is 1. The summed E-state index contributed by atoms with van der Waals surface area (Å²) in [5.74, 6) is -1.26. The first-order valence-corrected chi connectivity index (χ1v) is 17.7. The van der Waals surface area contributed by atoms with E-state index in [2.05, 4.69) is 18.3 Å². The van der Waals surface area contributed by atoms with Crippen molar-refractivity contribution in [2.75, 3.05) is 12.0 Å². The fourth-order valence-corrected chi connectivity index (χ4v) is 7.08. The molecule has 1 unspecified atom stereocenters. The fraction of sp³-hybridized carbons (Fsp3) is 0.333. The number of hydrogen-bond acceptors (Lipinski definition) is 5. The van der Waals surface area contributed by atoms with Gasteiger partial charge in [0.25, 0.3) is 5.91 Å². The van der Waals surface area contributed by atoms with Gasteiger partial charge in [-0.25, -0.2) is 4.99 Å². The predicted molar refractivity (Wildman–Crippen MR) is 198 cm³/mol. The number of carbonyl (C=O) groups excluding carboxylic acids is 3. The molecule has 3 N–H and O–H groups in total. The van der Waals surface area contributed by atoms with Crippen molar-refractivity contribution in [3.8, 4) is 16.9 Å². The van der Waals surface area contributed by atoms with Crippen molar-refractivity contribution in [2.24, 2.45) is 28.5 Å². The van der Waals surface area contributed by atoms with Crippen LogP contribution in [0.4, 0.5) is 5.69 Å². The molecule has 0 saturated heterocycles. The molecule has 1 aliphatic heterocycles. The first-order valence-electron chi connectivity index (χ1n) is 17.7. The standard InChI is InChI=1S/C42H46N4O4/c1-3-4-18-34(39(43)47)36(26-28-12-10-13-28)41(48)45-40-42(49)46(27-29-14-11-17-32(25-29)30-21-23-33(50-2)24-22-30)37-20-9-8-19-35(37)38(44-40)31-15-6-5-7-16-31/h5-9,11,14-17,19-25,28,34,36,40H,3-4,10,12-13,18,26-27H2,1-2H3,(H2,43,47)(H,45,48)/t34-,36+,40?/m0/s1. The number of fused-ring (bicyclic) bond motifs is 1. The third kappa shape index (κ3) is 7.80. The smallest absolute Gasteiger partial charge is 0.272 e. The number of benzene rings is 4. The first-order chi connectivity index (χ1) is 24.4. The minimum absolute atomic E-state index is 0.260. The lowest BCUT2D eigenvalue weighted by Crippen LogP contribution is -2.51. The normalized spacial score (nSPS) is 17.1. The van der Waals surface area contributed by atoms with E-state index < -0.39 is 23.9 Å². The summed E-state index contributed by atoms with van der Waals surface area (Å²) in [6.45, 7) is 2.32. The minimum Gasteiger partial charge on any atom is -0.497 e. The Bertz CT molecular complexity index is 1830. The number of amides is 3. The molecule has 3 atom stereocenters. The molecule has 8 heteroatoms. The molecule has 4 aromatic rings. The van der Waals surface area contributed by atoms with Crippen molar-refractivity contribution in [3.05, 3.63) is 120 Å². The molecule has 1 fully saturated rings. The third-order valence-corrected chi connectivity index (χ3v) is 10.1. The van der Waals surface area contributed by atoms with Crippen LogP contribution < -0.4 is 20.7 Å². The molecule has 2 aliphatic rings. The Morgan fingerprint density at radius 2 is 1.62 bits per heavy atom. The lowest BCUT2D eigenvalue weighted by molar-refractivity contribution is -0.136. The van der Waals surface area contributed by atoms with E-state index >= 15 is 0 Å². The molecule has 0 spiro atoms. The quantitative estimate of drug-likeness (QED) is 0.147. The van der Waals surface area contributed by atoms with Crippen LogP contribution in [0, 0.1) is 17.8 Å². The second-order valence-electron chi connectivity index (χ2n) is 13.4. The largest absolute Gasteiger partial charge is 0.497 e. The van der Waals surface area contributed by atoms with Crippen LogP contribution in [0.1, 0.15) is 68.6 Å². The number of methoxy groups -OCH3 is 1. The predicted octanol–water partition coefficient (Wildman–Crippen LogP) is 7.29. The molecule has 0 radical (unpaired) electrons. The Morgan fingerprint density at radius 3 is 2.30 bits per heavy atom. The van der Waals surface area contributed by atoms with Gasteiger partial charge in [-0.3, -0.25) is 14.4 Å². The van der Waals surface area contributed by atoms with E-state index in [0.29, 0.717) is 30.2 Å². The zero-order valence-corrected chi connectivity index (χ0v) is 28.9. The molecule has 1 heterocycles. The van der Waals surface area contributed by atoms with E-state index in [1.54, 1.807) is 12.0 Å². The summed E-state index contributed by atoms with van der Waals surface area (Å²) in [6.07, 6.45) is 4.75. The average molecular weight is 671 g/mol. The van der Waals surface area contributed by atoms with Gasteiger partial charge in [-0.1, -0.05) is 118 Å². The van der Waals surface area contributed by atoms with Crippen LogP contribution in [0.2, 0.25) is 0 Å². The molecular formula is C42H46N4O4. The second-order valence-corrected chi connectivity index (χ2v) is 13.4. The van der Waals surface area contributed by atoms with Crippen molar-refractivity contribution in [1.29, 1.82) is 0 Å². The highest BCUT2D eigenvalue weighted by Gasteiger charge is 2.39. The number of hydrogen-bond donors (Lipinski definition) is 2. The van der Waals surface area contributed by atoms with Crippen molar-refractivity contribution >= 4 is 29.1 Å². The number of carbonyl (C=O) groups is 3. The topological polar surface area (TPSA) is 114 Å². The Kier molecular flexibility index (Phi) is 11.1. The van der Waals surface area contributed by atoms with Gasteiger partial charge in [0.1, 0.15) is 5.75 Å². The van der Waals surface area contributed by atoms with Crippen LogP contribution >= 0.6 is 0 Å². The van der Waals surface area contributed by atoms with E-state index in [1.165, 1.54) is 0 Å². The summed E-state index contributed by atoms with van der Waals surface area (Å²) in [5, 5.41) is 3.04. The van der Waals surface area contributed by atoms with Crippen LogP contribution in [0.15, 0.2) is 108 Å². The molecule has 0 aromatic heterocycles. The summed E-state index contributed by atoms with van der Waals surface area (Å²) in [5.41, 5.74) is 11.8. The number of ether oxygens (including phenoxy) is 1. The zero-order chi connectivity index (χ0) is 35.0. The molecular weight excluding hydrogens is 624 g/mol. The van der Waals surface area contributed by atoms with Gasteiger partial charge in [-0.05, 0) is 59.7 Å². The second kappa shape index (κ2) is 16.0. The maximum atomic E-state index is 14.7. The average Bonchev–Trinajstić information content (AvgIpc) is 3.23. The monoisotopic (exact) mass is 670 g/mol. The summed E-state index contributed by atoms with van der Waals surface area (Å²) in [4.78, 5) is 48.6. The Morgan fingerprint density at radius 1 is 0.900 bits per heavy atom. The number of nitrogens with two attached hydrogens (primary N) is 1. The summed E-state index contributed by atoms with van der Waals surface area (Å²) in [7, 11) is 1.64. The number of benzodiazepines with no additional fused rings is 1. The summed E-state index contributed by atoms with van der Waals surface area (Å²) >= 11 is 0. The van der Waals surface area contributed by atoms with Crippen molar-refractivity contribution in [3.63, 3.8) is 0 Å². The van der Waals surface area contributed by atoms with E-state index in [9.17, 15) is 14.4 Å². The molecule has 0 bridgehead atoms. The summed E-state index contributed by atoms with van der Waals surface area (Å²) in [6, 6.07) is 33.4. The summed E-state index contributed by atoms with van der Waals surface area (Å²) < 4.78 is 5.34. The van der Waals surface area contributed by atoms with Gasteiger partial charge >= 0.3 is 0 Å². The number of nitrogens with zero attached hydrogens (tertiary/aromatic N) is 2. The molecule has 8 nitrogen and oxygen atoms in total. The molecule has 4 aromatic carbocycles. The number of anilines is 1. The highest BCUT2D eigenvalue weighted by atomic mass is 16.5. The van der Waals surface area contributed by atoms with Gasteiger partial charge in [0, 0.05) is 23.0 Å². The van der Waals surface area contributed by atoms with Crippen LogP contribution in [0.3, 0.4) is 0 Å². The van der Waals surface area contributed by atoms with Crippen molar-refractivity contribution < 1.29 is 19.1 Å². The Balaban J connectivity index is 1.38. The van der Waals surface area contributed by atoms with E-state index in [0.717, 1.165) is 65.7 Å². The lowest BCUT2D eigenvalue weighted by Gasteiger charge is -2.33. The maximum absolute atomic E-state index is 14.7. The van der Waals surface area contributed by atoms with E-state index in [-0.39, 0.29) is 18.4 Å². The number of aliphatic imine (C=N–C) groups is 1. The number of nitrogens with one attached hydrogen (secondary N) is 1. The van der Waals surface area contributed by atoms with Crippen molar-refractivity contribution in [1.82, 2.24) is 5.32 Å². The Labute approximate surface area is 294 Å². The highest BCUT2D eigenvalue weighted by molar-refractivity contribution is 6.20. The highest BCUT2D eigenvalue weighted by Crippen LogP contribution is 2.37. The minimum atomic E-state index is -1.21. The molecule has 1 saturated carbocycles. The fourth-order valence-electron chi connectivity index (χ4n) is 7.08. The number of para-hydroxylation sites is 1. The van der Waals surface area contributed by atoms with Gasteiger partial charge in [-0.15, -0.1) is 0 Å². The van der Waals surface area contributed by atoms with Gasteiger partial charge in [0.15, 0.2) is 0 Å². The first kappa shape index (κ1) is 34.6. The van der Waals surface area contributed by atoms with Gasteiger partial charge < -0.3 is 20.7 Å². The zero-order valence-electron chi connectivity index (χ0n) is 28.9. The lowest BCUT2D eigenvalue weighted by atomic mass is 9.73. The molecule has 50 heavy (non-hydrogen) atoms. The third-order valence-electron chi connectivity index (χ3n) is 10.1.